The summed E-state index contributed by atoms with van der Waals surface area (Å²) in [5, 5.41) is 12.2. The van der Waals surface area contributed by atoms with Gasteiger partial charge in [0.15, 0.2) is 0 Å². The maximum Gasteiger partial charge on any atom is 0.305 e. The average Bonchev–Trinajstić information content (AvgIpc) is 3.15. The molecular weight excluding hydrogens is 480 g/mol. The van der Waals surface area contributed by atoms with Crippen LogP contribution in [0.1, 0.15) is 45.9 Å². The fourth-order valence-corrected chi connectivity index (χ4v) is 4.74. The second-order valence-electron chi connectivity index (χ2n) is 9.69. The summed E-state index contributed by atoms with van der Waals surface area (Å²) in [6.07, 6.45) is 0.976. The molecule has 0 bridgehead atoms. The van der Waals surface area contributed by atoms with Gasteiger partial charge in [-0.2, -0.15) is 0 Å². The monoisotopic (exact) mass is 514 g/mol. The van der Waals surface area contributed by atoms with Gasteiger partial charge in [-0.1, -0.05) is 60.2 Å². The highest BCUT2D eigenvalue weighted by molar-refractivity contribution is 5.96. The van der Waals surface area contributed by atoms with E-state index in [4.69, 9.17) is 5.73 Å². The lowest BCUT2D eigenvalue weighted by Crippen LogP contribution is -2.36. The quantitative estimate of drug-likeness (QED) is 0.394. The summed E-state index contributed by atoms with van der Waals surface area (Å²) >= 11 is 0. The molecule has 1 atom stereocenters. The number of aliphatic carboxylic acids is 1. The van der Waals surface area contributed by atoms with Crippen LogP contribution in [0, 0.1) is 6.92 Å². The van der Waals surface area contributed by atoms with Crippen LogP contribution >= 0.6 is 0 Å². The first-order valence-corrected chi connectivity index (χ1v) is 12.9. The van der Waals surface area contributed by atoms with E-state index in [2.05, 4.69) is 10.2 Å². The van der Waals surface area contributed by atoms with Crippen LogP contribution in [0.25, 0.3) is 0 Å². The number of hydrogen-bond acceptors (Lipinski definition) is 5. The SMILES string of the molecule is Cc1ccc(C(CC(=O)O)NC(=O)c2ccc(N3CCCN(C(=O)Cc4ccccc4)CC3)c(N)c2)cc1. The molecule has 38 heavy (non-hydrogen) atoms. The van der Waals surface area contributed by atoms with Crippen molar-refractivity contribution in [2.75, 3.05) is 36.8 Å². The van der Waals surface area contributed by atoms with Crippen molar-refractivity contribution in [3.8, 4) is 0 Å². The Morgan fingerprint density at radius 3 is 2.37 bits per heavy atom. The zero-order valence-corrected chi connectivity index (χ0v) is 21.6. The van der Waals surface area contributed by atoms with E-state index in [1.54, 1.807) is 12.1 Å². The molecule has 1 unspecified atom stereocenters. The number of aryl methyl sites for hydroxylation is 1. The number of nitrogens with one attached hydrogen (secondary N) is 1. The molecule has 0 radical (unpaired) electrons. The van der Waals surface area contributed by atoms with Crippen LogP contribution in [0.2, 0.25) is 0 Å². The first-order valence-electron chi connectivity index (χ1n) is 12.9. The molecule has 198 valence electrons. The van der Waals surface area contributed by atoms with Crippen molar-refractivity contribution >= 4 is 29.2 Å². The summed E-state index contributed by atoms with van der Waals surface area (Å²) in [6, 6.07) is 21.7. The normalized spacial score (nSPS) is 14.4. The van der Waals surface area contributed by atoms with Crippen LogP contribution in [0.5, 0.6) is 0 Å². The number of carbonyl (C=O) groups excluding carboxylic acids is 2. The van der Waals surface area contributed by atoms with Gasteiger partial charge in [-0.3, -0.25) is 14.4 Å². The molecule has 0 spiro atoms. The molecule has 4 N–H and O–H groups in total. The number of rotatable bonds is 8. The molecule has 3 aromatic rings. The summed E-state index contributed by atoms with van der Waals surface area (Å²) in [6.45, 7) is 4.62. The van der Waals surface area contributed by atoms with Gasteiger partial charge in [-0.25, -0.2) is 0 Å². The van der Waals surface area contributed by atoms with Crippen LogP contribution in [0.4, 0.5) is 11.4 Å². The second kappa shape index (κ2) is 12.3. The number of anilines is 2. The molecule has 8 heteroatoms. The molecule has 8 nitrogen and oxygen atoms in total. The van der Waals surface area contributed by atoms with Gasteiger partial charge in [0, 0.05) is 31.7 Å². The van der Waals surface area contributed by atoms with Crippen LogP contribution < -0.4 is 16.0 Å². The highest BCUT2D eigenvalue weighted by Crippen LogP contribution is 2.27. The molecule has 2 amide bonds. The molecule has 4 rings (SSSR count). The minimum atomic E-state index is -0.997. The van der Waals surface area contributed by atoms with Crippen molar-refractivity contribution in [1.82, 2.24) is 10.2 Å². The lowest BCUT2D eigenvalue weighted by atomic mass is 10.0. The van der Waals surface area contributed by atoms with Gasteiger partial charge in [0.25, 0.3) is 5.91 Å². The van der Waals surface area contributed by atoms with Crippen LogP contribution in [0.15, 0.2) is 72.8 Å². The standard InChI is InChI=1S/C30H34N4O4/c1-21-8-10-23(11-9-21)26(20-29(36)37)32-30(38)24-12-13-27(25(31)19-24)33-14-5-15-34(17-16-33)28(35)18-22-6-3-2-4-7-22/h2-4,6-13,19,26H,5,14-18,20,31H2,1H3,(H,32,38)(H,36,37). The van der Waals surface area contributed by atoms with E-state index in [-0.39, 0.29) is 18.2 Å². The topological polar surface area (TPSA) is 116 Å². The minimum absolute atomic E-state index is 0.113. The largest absolute Gasteiger partial charge is 0.481 e. The van der Waals surface area contributed by atoms with E-state index in [9.17, 15) is 19.5 Å². The van der Waals surface area contributed by atoms with Gasteiger partial charge >= 0.3 is 5.97 Å². The van der Waals surface area contributed by atoms with Crippen molar-refractivity contribution in [3.63, 3.8) is 0 Å². The lowest BCUT2D eigenvalue weighted by molar-refractivity contribution is -0.137. The number of amides is 2. The number of carbonyl (C=O) groups is 3. The summed E-state index contributed by atoms with van der Waals surface area (Å²) in [5.41, 5.74) is 10.8. The smallest absolute Gasteiger partial charge is 0.305 e. The zero-order valence-electron chi connectivity index (χ0n) is 21.6. The summed E-state index contributed by atoms with van der Waals surface area (Å²) in [5.74, 6) is -1.27. The molecule has 1 fully saturated rings. The Bertz CT molecular complexity index is 1280. The number of carboxylic acid groups (broad SMARTS) is 1. The Hall–Kier alpha value is -4.33. The molecule has 0 saturated carbocycles. The van der Waals surface area contributed by atoms with Gasteiger partial charge < -0.3 is 26.0 Å². The summed E-state index contributed by atoms with van der Waals surface area (Å²) in [7, 11) is 0. The van der Waals surface area contributed by atoms with E-state index in [0.717, 1.165) is 35.3 Å². The first kappa shape index (κ1) is 26.7. The van der Waals surface area contributed by atoms with Crippen molar-refractivity contribution in [2.45, 2.75) is 32.2 Å². The van der Waals surface area contributed by atoms with Gasteiger partial charge in [0.2, 0.25) is 5.91 Å². The van der Waals surface area contributed by atoms with Crippen LogP contribution in [-0.2, 0) is 16.0 Å². The third-order valence-corrected chi connectivity index (χ3v) is 6.84. The van der Waals surface area contributed by atoms with E-state index < -0.39 is 12.0 Å². The fraction of sp³-hybridized carbons (Fsp3) is 0.300. The molecule has 1 saturated heterocycles. The van der Waals surface area contributed by atoms with Crippen LogP contribution in [0.3, 0.4) is 0 Å². The molecule has 0 aromatic heterocycles. The van der Waals surface area contributed by atoms with Crippen molar-refractivity contribution in [3.05, 3.63) is 95.1 Å². The highest BCUT2D eigenvalue weighted by Gasteiger charge is 2.22. The predicted molar refractivity (Wildman–Crippen MR) is 148 cm³/mol. The number of nitrogens with zero attached hydrogens (tertiary/aromatic N) is 2. The van der Waals surface area contributed by atoms with Gasteiger partial charge in [-0.05, 0) is 42.7 Å². The zero-order chi connectivity index (χ0) is 27.1. The lowest BCUT2D eigenvalue weighted by Gasteiger charge is -2.25. The van der Waals surface area contributed by atoms with Crippen LogP contribution in [-0.4, -0.2) is 54.0 Å². The number of nitrogen functional groups attached to an aromatic ring is 1. The number of hydrogen-bond donors (Lipinski definition) is 3. The molecule has 1 heterocycles. The Labute approximate surface area is 223 Å². The number of carboxylic acids is 1. The van der Waals surface area contributed by atoms with E-state index in [1.807, 2.05) is 72.5 Å². The molecule has 1 aliphatic rings. The second-order valence-corrected chi connectivity index (χ2v) is 9.69. The maximum atomic E-state index is 13.0. The van der Waals surface area contributed by atoms with Gasteiger partial charge in [-0.15, -0.1) is 0 Å². The molecule has 3 aromatic carbocycles. The molecule has 0 aliphatic carbocycles. The van der Waals surface area contributed by atoms with E-state index >= 15 is 0 Å². The third kappa shape index (κ3) is 6.91. The fourth-order valence-electron chi connectivity index (χ4n) is 4.74. The Morgan fingerprint density at radius 1 is 0.947 bits per heavy atom. The third-order valence-electron chi connectivity index (χ3n) is 6.84. The van der Waals surface area contributed by atoms with Crippen molar-refractivity contribution in [2.24, 2.45) is 0 Å². The predicted octanol–water partition coefficient (Wildman–Crippen LogP) is 3.80. The highest BCUT2D eigenvalue weighted by atomic mass is 16.4. The van der Waals surface area contributed by atoms with Gasteiger partial charge in [0.05, 0.1) is 30.3 Å². The first-order chi connectivity index (χ1) is 18.3. The minimum Gasteiger partial charge on any atom is -0.481 e. The Morgan fingerprint density at radius 2 is 1.68 bits per heavy atom. The Balaban J connectivity index is 1.40. The average molecular weight is 515 g/mol. The summed E-state index contributed by atoms with van der Waals surface area (Å²) in [4.78, 5) is 41.3. The van der Waals surface area contributed by atoms with Crippen molar-refractivity contribution in [1.29, 1.82) is 0 Å². The molecular formula is C30H34N4O4. The Kier molecular flexibility index (Phi) is 8.63. The maximum absolute atomic E-state index is 13.0. The van der Waals surface area contributed by atoms with E-state index in [0.29, 0.717) is 37.3 Å². The number of benzene rings is 3. The van der Waals surface area contributed by atoms with Crippen molar-refractivity contribution < 1.29 is 19.5 Å². The number of nitrogens with two attached hydrogens (primary N) is 1. The van der Waals surface area contributed by atoms with E-state index in [1.165, 1.54) is 0 Å². The molecule has 1 aliphatic heterocycles. The van der Waals surface area contributed by atoms with Gasteiger partial charge in [0.1, 0.15) is 0 Å². The summed E-state index contributed by atoms with van der Waals surface area (Å²) < 4.78 is 0.